The van der Waals surface area contributed by atoms with Gasteiger partial charge in [-0.1, -0.05) is 6.07 Å². The van der Waals surface area contributed by atoms with Gasteiger partial charge in [-0.15, -0.1) is 0 Å². The van der Waals surface area contributed by atoms with Crippen LogP contribution in [0.4, 0.5) is 0 Å². The number of Topliss-reactive ketones (excluding diaryl/α,β-unsaturated/α-hetero) is 1. The number of rotatable bonds is 4. The molecule has 16 heavy (non-hydrogen) atoms. The third-order valence-electron chi connectivity index (χ3n) is 2.87. The molecule has 0 bridgehead atoms. The first-order chi connectivity index (χ1) is 7.52. The molecular formula is C13H18O3. The third-order valence-corrected chi connectivity index (χ3v) is 2.87. The van der Waals surface area contributed by atoms with Gasteiger partial charge in [-0.2, -0.15) is 0 Å². The Kier molecular flexibility index (Phi) is 4.07. The lowest BCUT2D eigenvalue weighted by Crippen LogP contribution is -2.20. The van der Waals surface area contributed by atoms with Crippen LogP contribution in [0.15, 0.2) is 12.1 Å². The Morgan fingerprint density at radius 1 is 1.25 bits per heavy atom. The minimum absolute atomic E-state index is 0.0533. The van der Waals surface area contributed by atoms with E-state index in [4.69, 9.17) is 9.47 Å². The zero-order valence-electron chi connectivity index (χ0n) is 10.5. The lowest BCUT2D eigenvalue weighted by atomic mass is 9.99. The predicted molar refractivity (Wildman–Crippen MR) is 63.3 cm³/mol. The van der Waals surface area contributed by atoms with E-state index in [1.54, 1.807) is 20.1 Å². The van der Waals surface area contributed by atoms with Gasteiger partial charge >= 0.3 is 0 Å². The SMILES string of the molecule is COc1c(C(=O)C(C)OC)ccc(C)c1C. The average molecular weight is 222 g/mol. The molecular weight excluding hydrogens is 204 g/mol. The third kappa shape index (κ3) is 2.25. The molecule has 0 fully saturated rings. The number of carbonyl (C=O) groups is 1. The van der Waals surface area contributed by atoms with Crippen LogP contribution >= 0.6 is 0 Å². The van der Waals surface area contributed by atoms with Crippen molar-refractivity contribution in [1.82, 2.24) is 0 Å². The van der Waals surface area contributed by atoms with Gasteiger partial charge in [-0.25, -0.2) is 0 Å². The van der Waals surface area contributed by atoms with Crippen molar-refractivity contribution < 1.29 is 14.3 Å². The lowest BCUT2D eigenvalue weighted by molar-refractivity contribution is 0.0652. The fourth-order valence-electron chi connectivity index (χ4n) is 1.57. The summed E-state index contributed by atoms with van der Waals surface area (Å²) in [6.07, 6.45) is -0.448. The molecule has 0 radical (unpaired) electrons. The number of ketones is 1. The van der Waals surface area contributed by atoms with Gasteiger partial charge in [0.1, 0.15) is 11.9 Å². The monoisotopic (exact) mass is 222 g/mol. The van der Waals surface area contributed by atoms with Crippen LogP contribution in [-0.4, -0.2) is 26.1 Å². The highest BCUT2D eigenvalue weighted by Crippen LogP contribution is 2.27. The minimum Gasteiger partial charge on any atom is -0.496 e. The van der Waals surface area contributed by atoms with Crippen molar-refractivity contribution in [3.05, 3.63) is 28.8 Å². The van der Waals surface area contributed by atoms with Gasteiger partial charge in [0.05, 0.1) is 12.7 Å². The van der Waals surface area contributed by atoms with Crippen molar-refractivity contribution >= 4 is 5.78 Å². The predicted octanol–water partition coefficient (Wildman–Crippen LogP) is 2.53. The molecule has 3 heteroatoms. The summed E-state index contributed by atoms with van der Waals surface area (Å²) < 4.78 is 10.3. The Hall–Kier alpha value is -1.35. The summed E-state index contributed by atoms with van der Waals surface area (Å²) in [6, 6.07) is 3.71. The van der Waals surface area contributed by atoms with Crippen LogP contribution in [0.2, 0.25) is 0 Å². The zero-order valence-corrected chi connectivity index (χ0v) is 10.5. The second kappa shape index (κ2) is 5.12. The maximum Gasteiger partial charge on any atom is 0.194 e. The van der Waals surface area contributed by atoms with Crippen LogP contribution in [0.1, 0.15) is 28.4 Å². The topological polar surface area (TPSA) is 35.5 Å². The summed E-state index contributed by atoms with van der Waals surface area (Å²) >= 11 is 0. The van der Waals surface area contributed by atoms with Crippen LogP contribution in [0.25, 0.3) is 0 Å². The van der Waals surface area contributed by atoms with Gasteiger partial charge < -0.3 is 9.47 Å². The average Bonchev–Trinajstić information content (AvgIpc) is 2.30. The van der Waals surface area contributed by atoms with Crippen molar-refractivity contribution in [1.29, 1.82) is 0 Å². The summed E-state index contributed by atoms with van der Waals surface area (Å²) in [4.78, 5) is 12.0. The van der Waals surface area contributed by atoms with Gasteiger partial charge in [0.15, 0.2) is 5.78 Å². The molecule has 0 N–H and O–H groups in total. The Bertz CT molecular complexity index is 396. The molecule has 0 heterocycles. The van der Waals surface area contributed by atoms with Gasteiger partial charge in [0, 0.05) is 7.11 Å². The Labute approximate surface area is 96.4 Å². The minimum atomic E-state index is -0.448. The van der Waals surface area contributed by atoms with Crippen molar-refractivity contribution in [2.24, 2.45) is 0 Å². The van der Waals surface area contributed by atoms with Crippen LogP contribution in [0, 0.1) is 13.8 Å². The molecule has 1 atom stereocenters. The van der Waals surface area contributed by atoms with E-state index in [2.05, 4.69) is 0 Å². The normalized spacial score (nSPS) is 12.3. The maximum absolute atomic E-state index is 12.0. The Morgan fingerprint density at radius 3 is 2.38 bits per heavy atom. The lowest BCUT2D eigenvalue weighted by Gasteiger charge is -2.15. The van der Waals surface area contributed by atoms with Crippen LogP contribution < -0.4 is 4.74 Å². The Morgan fingerprint density at radius 2 is 1.88 bits per heavy atom. The summed E-state index contributed by atoms with van der Waals surface area (Å²) in [6.45, 7) is 5.67. The second-order valence-electron chi connectivity index (χ2n) is 3.83. The molecule has 1 unspecified atom stereocenters. The molecule has 1 aromatic rings. The number of ether oxygens (including phenoxy) is 2. The second-order valence-corrected chi connectivity index (χ2v) is 3.83. The van der Waals surface area contributed by atoms with Crippen LogP contribution in [0.5, 0.6) is 5.75 Å². The standard InChI is InChI=1S/C13H18O3/c1-8-6-7-11(12(14)10(3)15-4)13(16-5)9(8)2/h6-7,10H,1-5H3. The molecule has 0 saturated carbocycles. The van der Waals surface area contributed by atoms with Crippen LogP contribution in [0.3, 0.4) is 0 Å². The molecule has 88 valence electrons. The first-order valence-corrected chi connectivity index (χ1v) is 5.24. The molecule has 0 saturated heterocycles. The fourth-order valence-corrected chi connectivity index (χ4v) is 1.57. The molecule has 0 amide bonds. The summed E-state index contributed by atoms with van der Waals surface area (Å²) in [5.74, 6) is 0.594. The molecule has 0 spiro atoms. The molecule has 0 aliphatic carbocycles. The highest BCUT2D eigenvalue weighted by atomic mass is 16.5. The van der Waals surface area contributed by atoms with E-state index >= 15 is 0 Å². The van der Waals surface area contributed by atoms with Gasteiger partial charge in [-0.3, -0.25) is 4.79 Å². The van der Waals surface area contributed by atoms with Crippen molar-refractivity contribution in [3.8, 4) is 5.75 Å². The van der Waals surface area contributed by atoms with E-state index in [-0.39, 0.29) is 5.78 Å². The summed E-state index contributed by atoms with van der Waals surface area (Å²) in [5.41, 5.74) is 2.69. The molecule has 3 nitrogen and oxygen atoms in total. The van der Waals surface area contributed by atoms with Crippen molar-refractivity contribution in [2.45, 2.75) is 26.9 Å². The van der Waals surface area contributed by atoms with E-state index in [1.165, 1.54) is 7.11 Å². The largest absolute Gasteiger partial charge is 0.496 e. The molecule has 1 rings (SSSR count). The number of benzene rings is 1. The van der Waals surface area contributed by atoms with E-state index in [9.17, 15) is 4.79 Å². The zero-order chi connectivity index (χ0) is 12.3. The van der Waals surface area contributed by atoms with Gasteiger partial charge in [0.25, 0.3) is 0 Å². The van der Waals surface area contributed by atoms with Gasteiger partial charge in [0.2, 0.25) is 0 Å². The number of hydrogen-bond acceptors (Lipinski definition) is 3. The first kappa shape index (κ1) is 12.7. The molecule has 0 aliphatic heterocycles. The highest BCUT2D eigenvalue weighted by Gasteiger charge is 2.20. The number of methoxy groups -OCH3 is 2. The molecule has 1 aromatic carbocycles. The fraction of sp³-hybridized carbons (Fsp3) is 0.462. The van der Waals surface area contributed by atoms with Crippen LogP contribution in [-0.2, 0) is 4.74 Å². The smallest absolute Gasteiger partial charge is 0.194 e. The molecule has 0 aliphatic rings. The quantitative estimate of drug-likeness (QED) is 0.734. The van der Waals surface area contributed by atoms with E-state index in [0.29, 0.717) is 11.3 Å². The summed E-state index contributed by atoms with van der Waals surface area (Å²) in [7, 11) is 3.10. The van der Waals surface area contributed by atoms with E-state index in [0.717, 1.165) is 11.1 Å². The highest BCUT2D eigenvalue weighted by molar-refractivity contribution is 6.02. The van der Waals surface area contributed by atoms with E-state index in [1.807, 2.05) is 19.9 Å². The molecule has 0 aromatic heterocycles. The van der Waals surface area contributed by atoms with E-state index < -0.39 is 6.10 Å². The number of carbonyl (C=O) groups excluding carboxylic acids is 1. The number of hydrogen-bond donors (Lipinski definition) is 0. The van der Waals surface area contributed by atoms with Crippen molar-refractivity contribution in [2.75, 3.05) is 14.2 Å². The summed E-state index contributed by atoms with van der Waals surface area (Å²) in [5, 5.41) is 0. The first-order valence-electron chi connectivity index (χ1n) is 5.24. The number of aryl methyl sites for hydroxylation is 1. The van der Waals surface area contributed by atoms with Crippen molar-refractivity contribution in [3.63, 3.8) is 0 Å². The van der Waals surface area contributed by atoms with Gasteiger partial charge in [-0.05, 0) is 38.0 Å². The maximum atomic E-state index is 12.0. The Balaban J connectivity index is 3.24.